The quantitative estimate of drug-likeness (QED) is 0.244. The Morgan fingerprint density at radius 1 is 1.23 bits per heavy atom. The van der Waals surface area contributed by atoms with Gasteiger partial charge in [0, 0.05) is 31.1 Å². The lowest BCUT2D eigenvalue weighted by Crippen LogP contribution is -2.38. The summed E-state index contributed by atoms with van der Waals surface area (Å²) in [5.74, 6) is -2.98. The van der Waals surface area contributed by atoms with E-state index in [4.69, 9.17) is 14.4 Å². The maximum Gasteiger partial charge on any atom is 0.434 e. The van der Waals surface area contributed by atoms with Crippen LogP contribution in [0, 0.1) is 11.7 Å². The van der Waals surface area contributed by atoms with Crippen LogP contribution in [0.3, 0.4) is 0 Å². The van der Waals surface area contributed by atoms with Crippen molar-refractivity contribution >= 4 is 5.97 Å². The molecule has 2 atom stereocenters. The first-order valence-corrected chi connectivity index (χ1v) is 13.5. The van der Waals surface area contributed by atoms with Crippen molar-refractivity contribution in [2.75, 3.05) is 26.2 Å². The summed E-state index contributed by atoms with van der Waals surface area (Å²) in [6.45, 7) is 3.56. The highest BCUT2D eigenvalue weighted by Crippen LogP contribution is 2.38. The van der Waals surface area contributed by atoms with Crippen molar-refractivity contribution in [3.8, 4) is 34.4 Å². The van der Waals surface area contributed by atoms with Gasteiger partial charge in [-0.25, -0.2) is 14.1 Å². The molecule has 1 aliphatic rings. The summed E-state index contributed by atoms with van der Waals surface area (Å²) in [5.41, 5.74) is -0.889. The number of halogens is 4. The molecule has 0 bridgehead atoms. The molecule has 43 heavy (non-hydrogen) atoms. The van der Waals surface area contributed by atoms with E-state index in [1.165, 1.54) is 0 Å². The number of β-amino-alcohol motifs (C(OH)–C–C–N with tert-alkyl or cyclic N) is 1. The number of carboxylic acids is 1. The van der Waals surface area contributed by atoms with E-state index in [-0.39, 0.29) is 30.5 Å². The van der Waals surface area contributed by atoms with Gasteiger partial charge >= 0.3 is 12.1 Å². The van der Waals surface area contributed by atoms with Gasteiger partial charge in [0.25, 0.3) is 5.89 Å². The van der Waals surface area contributed by atoms with Crippen LogP contribution < -0.4 is 4.74 Å². The van der Waals surface area contributed by atoms with Crippen molar-refractivity contribution < 1.29 is 41.8 Å². The number of aliphatic carboxylic acids is 1. The van der Waals surface area contributed by atoms with Crippen LogP contribution in [0.15, 0.2) is 47.2 Å². The molecular weight excluding hydrogens is 576 g/mol. The van der Waals surface area contributed by atoms with Gasteiger partial charge in [0.05, 0.1) is 30.7 Å². The third-order valence-electron chi connectivity index (χ3n) is 7.05. The lowest BCUT2D eigenvalue weighted by molar-refractivity contribution is -0.142. The van der Waals surface area contributed by atoms with Gasteiger partial charge in [-0.05, 0) is 37.8 Å². The molecule has 15 heteroatoms. The van der Waals surface area contributed by atoms with Crippen molar-refractivity contribution in [2.24, 2.45) is 5.92 Å². The molecular formula is C28H28F4N6O5. The molecule has 0 saturated carbocycles. The minimum absolute atomic E-state index is 0.00479. The maximum absolute atomic E-state index is 14.7. The number of aliphatic hydroxyl groups excluding tert-OH is 1. The first-order chi connectivity index (χ1) is 20.5. The Balaban J connectivity index is 1.34. The number of piperidine rings is 1. The Morgan fingerprint density at radius 2 is 2.00 bits per heavy atom. The average molecular weight is 605 g/mol. The molecule has 2 N–H and O–H groups in total. The highest BCUT2D eigenvalue weighted by molar-refractivity contribution is 5.67. The highest BCUT2D eigenvalue weighted by atomic mass is 19.4. The predicted octanol–water partition coefficient (Wildman–Crippen LogP) is 4.76. The minimum atomic E-state index is -4.98. The van der Waals surface area contributed by atoms with Gasteiger partial charge in [-0.2, -0.15) is 23.3 Å². The van der Waals surface area contributed by atoms with Crippen molar-refractivity contribution in [2.45, 2.75) is 38.5 Å². The number of nitrogens with zero attached hydrogens (tertiary/aromatic N) is 6. The number of aliphatic hydroxyl groups is 1. The number of likely N-dealkylation sites (tertiary alicyclic amines) is 1. The van der Waals surface area contributed by atoms with Crippen LogP contribution in [0.1, 0.15) is 43.5 Å². The first-order valence-electron chi connectivity index (χ1n) is 13.5. The number of hydrogen-bond donors (Lipinski definition) is 2. The van der Waals surface area contributed by atoms with E-state index < -0.39 is 47.0 Å². The minimum Gasteiger partial charge on any atom is -0.492 e. The van der Waals surface area contributed by atoms with Gasteiger partial charge in [-0.3, -0.25) is 4.79 Å². The van der Waals surface area contributed by atoms with Crippen LogP contribution in [-0.4, -0.2) is 72.2 Å². The Hall–Kier alpha value is -4.37. The van der Waals surface area contributed by atoms with E-state index in [0.29, 0.717) is 28.9 Å². The summed E-state index contributed by atoms with van der Waals surface area (Å²) >= 11 is 0. The number of pyridine rings is 1. The van der Waals surface area contributed by atoms with Gasteiger partial charge in [0.1, 0.15) is 5.75 Å². The molecule has 1 fully saturated rings. The van der Waals surface area contributed by atoms with E-state index in [1.807, 2.05) is 4.90 Å². The predicted molar refractivity (Wildman–Crippen MR) is 143 cm³/mol. The van der Waals surface area contributed by atoms with Gasteiger partial charge in [-0.15, -0.1) is 0 Å². The molecule has 1 aromatic carbocycles. The van der Waals surface area contributed by atoms with Crippen molar-refractivity contribution in [3.63, 3.8) is 0 Å². The SMILES string of the molecule is CCOc1cnc(-n2ncc(-c3nc(-c4ccc([C@H](O)CN5CCC[C@H](CC(=O)O)C5)cc4)no3)c2C(F)(F)F)c(F)c1. The summed E-state index contributed by atoms with van der Waals surface area (Å²) < 4.78 is 67.8. The molecule has 1 aliphatic heterocycles. The van der Waals surface area contributed by atoms with Crippen LogP contribution in [0.4, 0.5) is 17.6 Å². The molecule has 4 aromatic rings. The monoisotopic (exact) mass is 604 g/mol. The molecule has 0 amide bonds. The first kappa shape index (κ1) is 30.1. The lowest BCUT2D eigenvalue weighted by Gasteiger charge is -2.33. The summed E-state index contributed by atoms with van der Waals surface area (Å²) in [6.07, 6.45) is -2.10. The second kappa shape index (κ2) is 12.5. The summed E-state index contributed by atoms with van der Waals surface area (Å²) in [7, 11) is 0. The molecule has 0 aliphatic carbocycles. The average Bonchev–Trinajstić information content (AvgIpc) is 3.61. The number of benzene rings is 1. The second-order valence-electron chi connectivity index (χ2n) is 10.2. The molecule has 0 unspecified atom stereocenters. The van der Waals surface area contributed by atoms with E-state index >= 15 is 0 Å². The number of aromatic nitrogens is 5. The van der Waals surface area contributed by atoms with E-state index in [0.717, 1.165) is 37.8 Å². The third-order valence-corrected chi connectivity index (χ3v) is 7.05. The van der Waals surface area contributed by atoms with Crippen LogP contribution in [-0.2, 0) is 11.0 Å². The van der Waals surface area contributed by atoms with E-state index in [2.05, 4.69) is 20.2 Å². The number of alkyl halides is 3. The van der Waals surface area contributed by atoms with Crippen LogP contribution in [0.2, 0.25) is 0 Å². The fourth-order valence-corrected chi connectivity index (χ4v) is 5.14. The number of ether oxygens (including phenoxy) is 1. The number of hydrogen-bond acceptors (Lipinski definition) is 9. The summed E-state index contributed by atoms with van der Waals surface area (Å²) in [4.78, 5) is 21.0. The fourth-order valence-electron chi connectivity index (χ4n) is 5.14. The summed E-state index contributed by atoms with van der Waals surface area (Å²) in [6, 6.07) is 7.41. The van der Waals surface area contributed by atoms with Gasteiger partial charge < -0.3 is 24.4 Å². The van der Waals surface area contributed by atoms with Crippen LogP contribution in [0.5, 0.6) is 5.75 Å². The molecule has 3 aromatic heterocycles. The smallest absolute Gasteiger partial charge is 0.434 e. The fraction of sp³-hybridized carbons (Fsp3) is 0.393. The molecule has 0 spiro atoms. The van der Waals surface area contributed by atoms with E-state index in [1.54, 1.807) is 31.2 Å². The largest absolute Gasteiger partial charge is 0.492 e. The lowest BCUT2D eigenvalue weighted by atomic mass is 9.94. The summed E-state index contributed by atoms with van der Waals surface area (Å²) in [5, 5.41) is 27.3. The van der Waals surface area contributed by atoms with Gasteiger partial charge in [-0.1, -0.05) is 29.4 Å². The Labute approximate surface area is 242 Å². The van der Waals surface area contributed by atoms with Crippen molar-refractivity contribution in [3.05, 3.63) is 59.8 Å². The molecule has 4 heterocycles. The normalized spacial score (nSPS) is 16.7. The molecule has 0 radical (unpaired) electrons. The Kier molecular flexibility index (Phi) is 8.73. The standard InChI is InChI=1S/C28H28F4N6O5/c1-2-42-19-11-21(29)26(33-12-19)38-24(28(30,31)32)20(13-34-38)27-35-25(36-43-27)18-7-5-17(6-8-18)22(39)15-37-9-3-4-16(14-37)10-23(40)41/h5-8,11-13,16,22,39H,2-4,9-10,14-15H2,1H3,(H,40,41)/t16-,22-/m1/s1. The molecule has 228 valence electrons. The number of rotatable bonds is 10. The molecule has 1 saturated heterocycles. The zero-order valence-corrected chi connectivity index (χ0v) is 23.0. The van der Waals surface area contributed by atoms with Crippen molar-refractivity contribution in [1.29, 1.82) is 0 Å². The van der Waals surface area contributed by atoms with Crippen LogP contribution in [0.25, 0.3) is 28.7 Å². The van der Waals surface area contributed by atoms with Gasteiger partial charge in [0.15, 0.2) is 17.3 Å². The topological polar surface area (TPSA) is 140 Å². The third kappa shape index (κ3) is 6.83. The second-order valence-corrected chi connectivity index (χ2v) is 10.2. The number of carboxylic acid groups (broad SMARTS) is 1. The zero-order chi connectivity index (χ0) is 30.7. The van der Waals surface area contributed by atoms with Crippen molar-refractivity contribution in [1.82, 2.24) is 29.8 Å². The van der Waals surface area contributed by atoms with Gasteiger partial charge in [0.2, 0.25) is 5.82 Å². The Bertz CT molecular complexity index is 1570. The zero-order valence-electron chi connectivity index (χ0n) is 23.0. The maximum atomic E-state index is 14.7. The highest BCUT2D eigenvalue weighted by Gasteiger charge is 2.41. The number of carbonyl (C=O) groups is 1. The molecule has 11 nitrogen and oxygen atoms in total. The molecule has 5 rings (SSSR count). The van der Waals surface area contributed by atoms with Crippen LogP contribution >= 0.6 is 0 Å². The Morgan fingerprint density at radius 3 is 2.67 bits per heavy atom. The van der Waals surface area contributed by atoms with E-state index in [9.17, 15) is 27.5 Å².